The standard InChI is InChI=1S/C21H24O3/c1-3-21(22)24-17(2)16-23-20(14-18-10-6-4-7-11-18)15-19-12-8-5-9-13-19/h3-13,17,20H,1,14-16H2,2H3. The highest BCUT2D eigenvalue weighted by molar-refractivity contribution is 5.81. The lowest BCUT2D eigenvalue weighted by Crippen LogP contribution is -2.26. The van der Waals surface area contributed by atoms with Crippen LogP contribution in [0.15, 0.2) is 73.3 Å². The van der Waals surface area contributed by atoms with Crippen LogP contribution in [-0.2, 0) is 27.1 Å². The van der Waals surface area contributed by atoms with E-state index in [-0.39, 0.29) is 12.2 Å². The monoisotopic (exact) mass is 324 g/mol. The average Bonchev–Trinajstić information content (AvgIpc) is 2.61. The van der Waals surface area contributed by atoms with Crippen LogP contribution in [0.5, 0.6) is 0 Å². The molecule has 0 saturated carbocycles. The maximum atomic E-state index is 11.3. The summed E-state index contributed by atoms with van der Waals surface area (Å²) in [6, 6.07) is 20.5. The number of hydrogen-bond acceptors (Lipinski definition) is 3. The van der Waals surface area contributed by atoms with Crippen LogP contribution < -0.4 is 0 Å². The Balaban J connectivity index is 1.96. The second-order valence-corrected chi connectivity index (χ2v) is 5.79. The maximum Gasteiger partial charge on any atom is 0.330 e. The first-order valence-corrected chi connectivity index (χ1v) is 8.20. The Morgan fingerprint density at radius 1 is 1.00 bits per heavy atom. The second kappa shape index (κ2) is 9.68. The van der Waals surface area contributed by atoms with Gasteiger partial charge in [-0.05, 0) is 30.9 Å². The molecule has 3 heteroatoms. The summed E-state index contributed by atoms with van der Waals surface area (Å²) in [4.78, 5) is 11.3. The van der Waals surface area contributed by atoms with Gasteiger partial charge in [0.15, 0.2) is 0 Å². The fourth-order valence-electron chi connectivity index (χ4n) is 2.50. The molecular weight excluding hydrogens is 300 g/mol. The minimum Gasteiger partial charge on any atom is -0.457 e. The third-order valence-corrected chi connectivity index (χ3v) is 3.66. The normalized spacial score (nSPS) is 11.9. The Labute approximate surface area is 143 Å². The van der Waals surface area contributed by atoms with Gasteiger partial charge >= 0.3 is 5.97 Å². The molecule has 0 N–H and O–H groups in total. The zero-order chi connectivity index (χ0) is 17.2. The second-order valence-electron chi connectivity index (χ2n) is 5.79. The first-order valence-electron chi connectivity index (χ1n) is 8.20. The van der Waals surface area contributed by atoms with Gasteiger partial charge in [-0.15, -0.1) is 0 Å². The molecule has 0 heterocycles. The van der Waals surface area contributed by atoms with Gasteiger partial charge in [-0.1, -0.05) is 67.2 Å². The molecule has 2 aromatic carbocycles. The molecule has 2 rings (SSSR count). The van der Waals surface area contributed by atoms with Gasteiger partial charge in [-0.25, -0.2) is 4.79 Å². The summed E-state index contributed by atoms with van der Waals surface area (Å²) in [7, 11) is 0. The van der Waals surface area contributed by atoms with Crippen molar-refractivity contribution >= 4 is 5.97 Å². The molecule has 0 aliphatic carbocycles. The van der Waals surface area contributed by atoms with E-state index in [1.165, 1.54) is 17.2 Å². The fourth-order valence-corrected chi connectivity index (χ4v) is 2.50. The molecule has 0 bridgehead atoms. The first-order chi connectivity index (χ1) is 11.7. The van der Waals surface area contributed by atoms with Crippen LogP contribution in [0, 0.1) is 0 Å². The highest BCUT2D eigenvalue weighted by Gasteiger charge is 2.15. The zero-order valence-corrected chi connectivity index (χ0v) is 14.1. The van der Waals surface area contributed by atoms with Gasteiger partial charge in [0, 0.05) is 6.08 Å². The lowest BCUT2D eigenvalue weighted by Gasteiger charge is -2.21. The summed E-state index contributed by atoms with van der Waals surface area (Å²) in [5.41, 5.74) is 2.46. The number of carbonyl (C=O) groups excluding carboxylic acids is 1. The number of hydrogen-bond donors (Lipinski definition) is 0. The predicted octanol–water partition coefficient (Wildman–Crippen LogP) is 3.97. The third kappa shape index (κ3) is 6.39. The lowest BCUT2D eigenvalue weighted by molar-refractivity contribution is -0.146. The van der Waals surface area contributed by atoms with Crippen molar-refractivity contribution in [3.05, 3.63) is 84.4 Å². The quantitative estimate of drug-likeness (QED) is 0.517. The Morgan fingerprint density at radius 2 is 1.50 bits per heavy atom. The SMILES string of the molecule is C=CC(=O)OC(C)COC(Cc1ccccc1)Cc1ccccc1. The van der Waals surface area contributed by atoms with Crippen molar-refractivity contribution in [1.82, 2.24) is 0 Å². The van der Waals surface area contributed by atoms with Crippen LogP contribution in [0.3, 0.4) is 0 Å². The topological polar surface area (TPSA) is 35.5 Å². The van der Waals surface area contributed by atoms with Gasteiger partial charge in [-0.2, -0.15) is 0 Å². The van der Waals surface area contributed by atoms with Gasteiger partial charge in [0.25, 0.3) is 0 Å². The smallest absolute Gasteiger partial charge is 0.330 e. The highest BCUT2D eigenvalue weighted by Crippen LogP contribution is 2.13. The van der Waals surface area contributed by atoms with Crippen molar-refractivity contribution in [2.75, 3.05) is 6.61 Å². The van der Waals surface area contributed by atoms with Gasteiger partial charge in [0.2, 0.25) is 0 Å². The van der Waals surface area contributed by atoms with Crippen LogP contribution in [-0.4, -0.2) is 24.8 Å². The van der Waals surface area contributed by atoms with Gasteiger partial charge in [0.1, 0.15) is 6.10 Å². The minimum absolute atomic E-state index is 0.0275. The Kier molecular flexibility index (Phi) is 7.24. The van der Waals surface area contributed by atoms with Crippen molar-refractivity contribution < 1.29 is 14.3 Å². The number of rotatable bonds is 9. The van der Waals surface area contributed by atoms with E-state index in [2.05, 4.69) is 30.8 Å². The molecule has 1 unspecified atom stereocenters. The summed E-state index contributed by atoms with van der Waals surface area (Å²) in [6.07, 6.45) is 2.53. The number of carbonyl (C=O) groups is 1. The van der Waals surface area contributed by atoms with Crippen molar-refractivity contribution in [3.63, 3.8) is 0 Å². The van der Waals surface area contributed by atoms with Gasteiger partial charge < -0.3 is 9.47 Å². The maximum absolute atomic E-state index is 11.3. The van der Waals surface area contributed by atoms with Crippen LogP contribution in [0.4, 0.5) is 0 Å². The van der Waals surface area contributed by atoms with E-state index in [1.54, 1.807) is 0 Å². The summed E-state index contributed by atoms with van der Waals surface area (Å²) in [5.74, 6) is -0.422. The fraction of sp³-hybridized carbons (Fsp3) is 0.286. The molecule has 24 heavy (non-hydrogen) atoms. The predicted molar refractivity (Wildman–Crippen MR) is 95.8 cm³/mol. The molecule has 126 valence electrons. The lowest BCUT2D eigenvalue weighted by atomic mass is 10.0. The molecule has 0 aliphatic rings. The zero-order valence-electron chi connectivity index (χ0n) is 14.1. The van der Waals surface area contributed by atoms with E-state index in [4.69, 9.17) is 9.47 Å². The Morgan fingerprint density at radius 3 is 1.96 bits per heavy atom. The Hall–Kier alpha value is -2.39. The molecule has 0 aliphatic heterocycles. The van der Waals surface area contributed by atoms with E-state index in [0.29, 0.717) is 6.61 Å². The molecule has 0 spiro atoms. The van der Waals surface area contributed by atoms with Crippen LogP contribution in [0.25, 0.3) is 0 Å². The van der Waals surface area contributed by atoms with Gasteiger partial charge in [-0.3, -0.25) is 0 Å². The molecule has 0 aromatic heterocycles. The van der Waals surface area contributed by atoms with Crippen molar-refractivity contribution in [3.8, 4) is 0 Å². The molecular formula is C21H24O3. The van der Waals surface area contributed by atoms with Crippen LogP contribution >= 0.6 is 0 Å². The molecule has 2 aromatic rings. The number of esters is 1. The van der Waals surface area contributed by atoms with Crippen molar-refractivity contribution in [1.29, 1.82) is 0 Å². The van der Waals surface area contributed by atoms with E-state index in [0.717, 1.165) is 12.8 Å². The van der Waals surface area contributed by atoms with Crippen LogP contribution in [0.2, 0.25) is 0 Å². The summed E-state index contributed by atoms with van der Waals surface area (Å²) in [6.45, 7) is 5.59. The molecule has 0 radical (unpaired) electrons. The molecule has 3 nitrogen and oxygen atoms in total. The molecule has 0 saturated heterocycles. The molecule has 1 atom stereocenters. The minimum atomic E-state index is -0.422. The van der Waals surface area contributed by atoms with E-state index < -0.39 is 5.97 Å². The largest absolute Gasteiger partial charge is 0.457 e. The van der Waals surface area contributed by atoms with Crippen LogP contribution in [0.1, 0.15) is 18.1 Å². The van der Waals surface area contributed by atoms with E-state index in [1.807, 2.05) is 43.3 Å². The first kappa shape index (κ1) is 18.0. The van der Waals surface area contributed by atoms with Crippen molar-refractivity contribution in [2.45, 2.75) is 32.0 Å². The molecule has 0 fully saturated rings. The molecule has 0 amide bonds. The third-order valence-electron chi connectivity index (χ3n) is 3.66. The van der Waals surface area contributed by atoms with Gasteiger partial charge in [0.05, 0.1) is 12.7 Å². The van der Waals surface area contributed by atoms with Crippen molar-refractivity contribution in [2.24, 2.45) is 0 Å². The number of ether oxygens (including phenoxy) is 2. The highest BCUT2D eigenvalue weighted by atomic mass is 16.6. The Bertz CT molecular complexity index is 581. The number of benzene rings is 2. The van der Waals surface area contributed by atoms with E-state index in [9.17, 15) is 4.79 Å². The summed E-state index contributed by atoms with van der Waals surface area (Å²) >= 11 is 0. The summed E-state index contributed by atoms with van der Waals surface area (Å²) in [5, 5.41) is 0. The average molecular weight is 324 g/mol. The van der Waals surface area contributed by atoms with E-state index >= 15 is 0 Å². The summed E-state index contributed by atoms with van der Waals surface area (Å²) < 4.78 is 11.2.